The third-order valence-corrected chi connectivity index (χ3v) is 5.24. The van der Waals surface area contributed by atoms with E-state index in [1.807, 2.05) is 12.1 Å². The second-order valence-corrected chi connectivity index (χ2v) is 7.32. The molecule has 5 heteroatoms. The molecular formula is C23H31ClFNO2. The van der Waals surface area contributed by atoms with Gasteiger partial charge in [-0.2, -0.15) is 0 Å². The first-order valence-corrected chi connectivity index (χ1v) is 10.0. The van der Waals surface area contributed by atoms with Crippen LogP contribution in [0.4, 0.5) is 4.39 Å². The minimum Gasteiger partial charge on any atom is -0.493 e. The number of ether oxygens (including phenoxy) is 2. The molecule has 1 fully saturated rings. The molecule has 1 aliphatic rings. The van der Waals surface area contributed by atoms with Crippen LogP contribution in [-0.2, 0) is 13.2 Å². The summed E-state index contributed by atoms with van der Waals surface area (Å²) < 4.78 is 24.4. The van der Waals surface area contributed by atoms with Gasteiger partial charge in [-0.25, -0.2) is 4.39 Å². The van der Waals surface area contributed by atoms with Crippen LogP contribution in [0.5, 0.6) is 11.5 Å². The summed E-state index contributed by atoms with van der Waals surface area (Å²) in [6.07, 6.45) is 9.34. The van der Waals surface area contributed by atoms with Gasteiger partial charge >= 0.3 is 0 Å². The van der Waals surface area contributed by atoms with Crippen molar-refractivity contribution in [2.24, 2.45) is 0 Å². The third kappa shape index (κ3) is 6.99. The first-order valence-electron chi connectivity index (χ1n) is 10.0. The van der Waals surface area contributed by atoms with Gasteiger partial charge in [0.1, 0.15) is 12.4 Å². The van der Waals surface area contributed by atoms with Gasteiger partial charge in [0.15, 0.2) is 11.5 Å². The first-order chi connectivity index (χ1) is 13.2. The van der Waals surface area contributed by atoms with Crippen molar-refractivity contribution in [1.29, 1.82) is 0 Å². The third-order valence-electron chi connectivity index (χ3n) is 5.24. The molecule has 0 aromatic heterocycles. The van der Waals surface area contributed by atoms with Gasteiger partial charge in [0.2, 0.25) is 0 Å². The monoisotopic (exact) mass is 407 g/mol. The molecule has 28 heavy (non-hydrogen) atoms. The quantitative estimate of drug-likeness (QED) is 0.607. The number of hydrogen-bond acceptors (Lipinski definition) is 3. The Kier molecular flexibility index (Phi) is 9.59. The molecule has 0 amide bonds. The number of benzene rings is 2. The lowest BCUT2D eigenvalue weighted by Crippen LogP contribution is -2.29. The molecule has 0 heterocycles. The number of rotatable bonds is 7. The Morgan fingerprint density at radius 2 is 1.54 bits per heavy atom. The van der Waals surface area contributed by atoms with Crippen LogP contribution in [0, 0.1) is 5.82 Å². The highest BCUT2D eigenvalue weighted by Gasteiger charge is 2.12. The van der Waals surface area contributed by atoms with Crippen LogP contribution in [-0.4, -0.2) is 13.2 Å². The Hall–Kier alpha value is -1.78. The fraction of sp³-hybridized carbons (Fsp3) is 0.478. The van der Waals surface area contributed by atoms with Gasteiger partial charge < -0.3 is 14.8 Å². The van der Waals surface area contributed by atoms with E-state index in [4.69, 9.17) is 9.47 Å². The van der Waals surface area contributed by atoms with Crippen molar-refractivity contribution in [1.82, 2.24) is 5.32 Å². The maximum absolute atomic E-state index is 13.0. The number of hydrogen-bond donors (Lipinski definition) is 1. The molecule has 2 aromatic rings. The van der Waals surface area contributed by atoms with Crippen molar-refractivity contribution < 1.29 is 13.9 Å². The predicted octanol–water partition coefficient (Wildman–Crippen LogP) is 6.04. The van der Waals surface area contributed by atoms with Crippen LogP contribution in [0.3, 0.4) is 0 Å². The zero-order chi connectivity index (χ0) is 18.9. The van der Waals surface area contributed by atoms with Crippen molar-refractivity contribution in [2.45, 2.75) is 64.1 Å². The van der Waals surface area contributed by atoms with Crippen LogP contribution < -0.4 is 14.8 Å². The van der Waals surface area contributed by atoms with Gasteiger partial charge in [-0.1, -0.05) is 50.3 Å². The highest BCUT2D eigenvalue weighted by Crippen LogP contribution is 2.29. The van der Waals surface area contributed by atoms with Gasteiger partial charge in [-0.05, 0) is 48.2 Å². The van der Waals surface area contributed by atoms with Gasteiger partial charge in [-0.15, -0.1) is 12.4 Å². The van der Waals surface area contributed by atoms with Crippen LogP contribution in [0.1, 0.15) is 56.1 Å². The van der Waals surface area contributed by atoms with Crippen molar-refractivity contribution in [3.05, 3.63) is 59.4 Å². The molecule has 0 unspecified atom stereocenters. The molecule has 1 N–H and O–H groups in total. The Morgan fingerprint density at radius 3 is 2.21 bits per heavy atom. The lowest BCUT2D eigenvalue weighted by Gasteiger charge is -2.21. The maximum Gasteiger partial charge on any atom is 0.161 e. The zero-order valence-corrected chi connectivity index (χ0v) is 17.4. The minimum atomic E-state index is -0.238. The molecule has 0 saturated heterocycles. The van der Waals surface area contributed by atoms with Crippen LogP contribution in [0.2, 0.25) is 0 Å². The lowest BCUT2D eigenvalue weighted by atomic mass is 9.96. The topological polar surface area (TPSA) is 30.5 Å². The van der Waals surface area contributed by atoms with Gasteiger partial charge in [-0.3, -0.25) is 0 Å². The van der Waals surface area contributed by atoms with Crippen molar-refractivity contribution in [3.8, 4) is 11.5 Å². The molecule has 1 aliphatic carbocycles. The zero-order valence-electron chi connectivity index (χ0n) is 16.6. The Balaban J connectivity index is 0.00000280. The second kappa shape index (κ2) is 11.9. The smallest absolute Gasteiger partial charge is 0.161 e. The largest absolute Gasteiger partial charge is 0.493 e. The Labute approximate surface area is 174 Å². The number of nitrogens with one attached hydrogen (secondary N) is 1. The Bertz CT molecular complexity index is 700. The standard InChI is InChI=1S/C23H30FNO2.ClH/c1-26-23-15-19(16-25-21-7-5-3-2-4-6-8-21)11-14-22(23)27-17-18-9-12-20(24)13-10-18;/h9-15,21,25H,2-8,16-17H2,1H3;1H. The number of halogens is 2. The van der Waals surface area contributed by atoms with E-state index < -0.39 is 0 Å². The summed E-state index contributed by atoms with van der Waals surface area (Å²) >= 11 is 0. The summed E-state index contributed by atoms with van der Waals surface area (Å²) in [5, 5.41) is 3.71. The molecule has 3 nitrogen and oxygen atoms in total. The van der Waals surface area contributed by atoms with E-state index in [-0.39, 0.29) is 18.2 Å². The van der Waals surface area contributed by atoms with E-state index in [0.717, 1.165) is 17.9 Å². The molecule has 0 bridgehead atoms. The molecule has 3 rings (SSSR count). The highest BCUT2D eigenvalue weighted by atomic mass is 35.5. The van der Waals surface area contributed by atoms with E-state index in [9.17, 15) is 4.39 Å². The summed E-state index contributed by atoms with van der Waals surface area (Å²) in [5.41, 5.74) is 2.12. The SMILES string of the molecule is COc1cc(CNC2CCCCCCC2)ccc1OCc1ccc(F)cc1.Cl. The molecule has 2 aromatic carbocycles. The first kappa shape index (κ1) is 22.5. The summed E-state index contributed by atoms with van der Waals surface area (Å²) in [6.45, 7) is 1.23. The molecular weight excluding hydrogens is 377 g/mol. The second-order valence-electron chi connectivity index (χ2n) is 7.32. The molecule has 154 valence electrons. The highest BCUT2D eigenvalue weighted by molar-refractivity contribution is 5.85. The van der Waals surface area contributed by atoms with Crippen molar-refractivity contribution in [2.75, 3.05) is 7.11 Å². The van der Waals surface area contributed by atoms with E-state index in [1.54, 1.807) is 19.2 Å². The maximum atomic E-state index is 13.0. The van der Waals surface area contributed by atoms with E-state index in [1.165, 1.54) is 62.6 Å². The fourth-order valence-electron chi connectivity index (χ4n) is 3.61. The summed E-state index contributed by atoms with van der Waals surface area (Å²) in [5.74, 6) is 1.20. The average molecular weight is 408 g/mol. The fourth-order valence-corrected chi connectivity index (χ4v) is 3.61. The lowest BCUT2D eigenvalue weighted by molar-refractivity contribution is 0.284. The van der Waals surface area contributed by atoms with E-state index in [2.05, 4.69) is 11.4 Å². The van der Waals surface area contributed by atoms with Crippen LogP contribution in [0.15, 0.2) is 42.5 Å². The van der Waals surface area contributed by atoms with E-state index in [0.29, 0.717) is 18.4 Å². The van der Waals surface area contributed by atoms with Gasteiger partial charge in [0, 0.05) is 12.6 Å². The molecule has 0 aliphatic heterocycles. The van der Waals surface area contributed by atoms with Gasteiger partial charge in [0.25, 0.3) is 0 Å². The summed E-state index contributed by atoms with van der Waals surface area (Å²) in [4.78, 5) is 0. The molecule has 1 saturated carbocycles. The minimum absolute atomic E-state index is 0. The predicted molar refractivity (Wildman–Crippen MR) is 114 cm³/mol. The summed E-state index contributed by atoms with van der Waals surface area (Å²) in [7, 11) is 1.66. The van der Waals surface area contributed by atoms with Crippen molar-refractivity contribution in [3.63, 3.8) is 0 Å². The van der Waals surface area contributed by atoms with Crippen LogP contribution >= 0.6 is 12.4 Å². The molecule has 0 spiro atoms. The van der Waals surface area contributed by atoms with Crippen molar-refractivity contribution >= 4 is 12.4 Å². The normalized spacial score (nSPS) is 15.2. The van der Waals surface area contributed by atoms with E-state index >= 15 is 0 Å². The number of methoxy groups -OCH3 is 1. The van der Waals surface area contributed by atoms with Crippen LogP contribution in [0.25, 0.3) is 0 Å². The molecule has 0 atom stereocenters. The Morgan fingerprint density at radius 1 is 0.893 bits per heavy atom. The van der Waals surface area contributed by atoms with Gasteiger partial charge in [0.05, 0.1) is 7.11 Å². The molecule has 0 radical (unpaired) electrons. The summed E-state index contributed by atoms with van der Waals surface area (Å²) in [6, 6.07) is 13.0. The average Bonchev–Trinajstić information content (AvgIpc) is 2.67.